The molecule has 13 heavy (non-hydrogen) atoms. The highest BCUT2D eigenvalue weighted by Gasteiger charge is 2.06. The third kappa shape index (κ3) is 3.96. The predicted octanol–water partition coefficient (Wildman–Crippen LogP) is 2.74. The van der Waals surface area contributed by atoms with E-state index in [-0.39, 0.29) is 0 Å². The Morgan fingerprint density at radius 3 is 2.92 bits per heavy atom. The van der Waals surface area contributed by atoms with E-state index in [2.05, 4.69) is 34.8 Å². The van der Waals surface area contributed by atoms with Crippen LogP contribution in [0.2, 0.25) is 0 Å². The number of alkyl halides is 1. The summed E-state index contributed by atoms with van der Waals surface area (Å²) in [6.07, 6.45) is 1.72. The van der Waals surface area contributed by atoms with Gasteiger partial charge in [-0.05, 0) is 25.1 Å². The average molecular weight is 246 g/mol. The SMILES string of the molecule is CC(CBr)CN(C)Cc1ccco1. The van der Waals surface area contributed by atoms with Gasteiger partial charge in [0.05, 0.1) is 12.8 Å². The van der Waals surface area contributed by atoms with E-state index >= 15 is 0 Å². The van der Waals surface area contributed by atoms with Crippen molar-refractivity contribution in [2.45, 2.75) is 13.5 Å². The summed E-state index contributed by atoms with van der Waals surface area (Å²) >= 11 is 3.47. The molecule has 0 bridgehead atoms. The molecule has 0 aliphatic heterocycles. The predicted molar refractivity (Wildman–Crippen MR) is 58.0 cm³/mol. The molecule has 0 aromatic carbocycles. The molecule has 1 aromatic rings. The van der Waals surface area contributed by atoms with Crippen molar-refractivity contribution >= 4 is 15.9 Å². The van der Waals surface area contributed by atoms with Gasteiger partial charge in [-0.2, -0.15) is 0 Å². The lowest BCUT2D eigenvalue weighted by atomic mass is 10.2. The Balaban J connectivity index is 2.29. The summed E-state index contributed by atoms with van der Waals surface area (Å²) in [5.74, 6) is 1.71. The highest BCUT2D eigenvalue weighted by atomic mass is 79.9. The summed E-state index contributed by atoms with van der Waals surface area (Å²) in [6, 6.07) is 3.94. The number of nitrogens with zero attached hydrogens (tertiary/aromatic N) is 1. The Morgan fingerprint density at radius 2 is 2.38 bits per heavy atom. The van der Waals surface area contributed by atoms with Crippen LogP contribution in [0.1, 0.15) is 12.7 Å². The molecule has 0 amide bonds. The van der Waals surface area contributed by atoms with E-state index in [1.807, 2.05) is 12.1 Å². The molecule has 0 radical (unpaired) electrons. The first-order chi connectivity index (χ1) is 6.22. The van der Waals surface area contributed by atoms with E-state index in [0.717, 1.165) is 24.2 Å². The van der Waals surface area contributed by atoms with Crippen LogP contribution in [0.3, 0.4) is 0 Å². The largest absolute Gasteiger partial charge is 0.468 e. The zero-order valence-electron chi connectivity index (χ0n) is 8.16. The molecule has 2 nitrogen and oxygen atoms in total. The molecule has 0 saturated carbocycles. The minimum Gasteiger partial charge on any atom is -0.468 e. The van der Waals surface area contributed by atoms with Gasteiger partial charge in [0.25, 0.3) is 0 Å². The fourth-order valence-corrected chi connectivity index (χ4v) is 1.52. The Bertz CT molecular complexity index is 223. The molecule has 0 spiro atoms. The number of halogens is 1. The number of hydrogen-bond donors (Lipinski definition) is 0. The van der Waals surface area contributed by atoms with Crippen LogP contribution in [0.5, 0.6) is 0 Å². The second kappa shape index (κ2) is 5.45. The Labute approximate surface area is 88.0 Å². The molecule has 1 rings (SSSR count). The lowest BCUT2D eigenvalue weighted by Gasteiger charge is -2.18. The third-order valence-electron chi connectivity index (χ3n) is 1.89. The number of rotatable bonds is 5. The zero-order chi connectivity index (χ0) is 9.68. The summed E-state index contributed by atoms with van der Waals surface area (Å²) in [7, 11) is 2.11. The average Bonchev–Trinajstić information content (AvgIpc) is 2.56. The van der Waals surface area contributed by atoms with Crippen LogP contribution < -0.4 is 0 Å². The van der Waals surface area contributed by atoms with Crippen molar-refractivity contribution in [2.75, 3.05) is 18.9 Å². The number of furan rings is 1. The van der Waals surface area contributed by atoms with Crippen LogP contribution in [0.4, 0.5) is 0 Å². The maximum atomic E-state index is 5.27. The van der Waals surface area contributed by atoms with Gasteiger partial charge in [0, 0.05) is 11.9 Å². The minimum atomic E-state index is 0.681. The monoisotopic (exact) mass is 245 g/mol. The van der Waals surface area contributed by atoms with Gasteiger partial charge in [0.15, 0.2) is 0 Å². The van der Waals surface area contributed by atoms with Gasteiger partial charge in [-0.3, -0.25) is 4.90 Å². The smallest absolute Gasteiger partial charge is 0.117 e. The second-order valence-corrected chi connectivity index (χ2v) is 4.18. The summed E-state index contributed by atoms with van der Waals surface area (Å²) < 4.78 is 5.27. The second-order valence-electron chi connectivity index (χ2n) is 3.54. The van der Waals surface area contributed by atoms with Crippen molar-refractivity contribution in [3.63, 3.8) is 0 Å². The molecular weight excluding hydrogens is 230 g/mol. The molecule has 1 aromatic heterocycles. The summed E-state index contributed by atoms with van der Waals surface area (Å²) in [5.41, 5.74) is 0. The van der Waals surface area contributed by atoms with Gasteiger partial charge in [0.2, 0.25) is 0 Å². The fraction of sp³-hybridized carbons (Fsp3) is 0.600. The van der Waals surface area contributed by atoms with Gasteiger partial charge < -0.3 is 4.42 Å². The van der Waals surface area contributed by atoms with E-state index in [0.29, 0.717) is 5.92 Å². The van der Waals surface area contributed by atoms with Gasteiger partial charge in [-0.1, -0.05) is 22.9 Å². The van der Waals surface area contributed by atoms with Crippen molar-refractivity contribution in [1.29, 1.82) is 0 Å². The van der Waals surface area contributed by atoms with Gasteiger partial charge in [-0.25, -0.2) is 0 Å². The molecule has 1 atom stereocenters. The van der Waals surface area contributed by atoms with E-state index < -0.39 is 0 Å². The van der Waals surface area contributed by atoms with E-state index in [4.69, 9.17) is 4.42 Å². The minimum absolute atomic E-state index is 0.681. The Hall–Kier alpha value is -0.280. The highest BCUT2D eigenvalue weighted by Crippen LogP contribution is 2.07. The normalized spacial score (nSPS) is 13.5. The van der Waals surface area contributed by atoms with Crippen LogP contribution in [-0.2, 0) is 6.54 Å². The molecule has 0 aliphatic carbocycles. The molecule has 1 heterocycles. The topological polar surface area (TPSA) is 16.4 Å². The third-order valence-corrected chi connectivity index (χ3v) is 3.00. The molecule has 0 aliphatic rings. The van der Waals surface area contributed by atoms with Crippen LogP contribution in [0.15, 0.2) is 22.8 Å². The van der Waals surface area contributed by atoms with Crippen LogP contribution in [0.25, 0.3) is 0 Å². The first kappa shape index (κ1) is 10.8. The zero-order valence-corrected chi connectivity index (χ0v) is 9.75. The number of hydrogen-bond acceptors (Lipinski definition) is 2. The molecule has 0 saturated heterocycles. The first-order valence-corrected chi connectivity index (χ1v) is 5.61. The molecule has 1 unspecified atom stereocenters. The fourth-order valence-electron chi connectivity index (χ4n) is 1.31. The molecule has 0 N–H and O–H groups in total. The van der Waals surface area contributed by atoms with Crippen molar-refractivity contribution < 1.29 is 4.42 Å². The van der Waals surface area contributed by atoms with Crippen LogP contribution in [0, 0.1) is 5.92 Å². The molecule has 3 heteroatoms. The Morgan fingerprint density at radius 1 is 1.62 bits per heavy atom. The Kier molecular flexibility index (Phi) is 4.53. The van der Waals surface area contributed by atoms with Crippen LogP contribution in [-0.4, -0.2) is 23.8 Å². The maximum Gasteiger partial charge on any atom is 0.117 e. The molecule has 0 fully saturated rings. The first-order valence-electron chi connectivity index (χ1n) is 4.49. The van der Waals surface area contributed by atoms with E-state index in [1.54, 1.807) is 6.26 Å². The van der Waals surface area contributed by atoms with Gasteiger partial charge >= 0.3 is 0 Å². The van der Waals surface area contributed by atoms with Crippen LogP contribution >= 0.6 is 15.9 Å². The molecule has 74 valence electrons. The van der Waals surface area contributed by atoms with Crippen molar-refractivity contribution in [2.24, 2.45) is 5.92 Å². The van der Waals surface area contributed by atoms with Crippen molar-refractivity contribution in [1.82, 2.24) is 4.90 Å². The summed E-state index contributed by atoms with van der Waals surface area (Å²) in [5, 5.41) is 1.05. The quantitative estimate of drug-likeness (QED) is 0.743. The highest BCUT2D eigenvalue weighted by molar-refractivity contribution is 9.09. The standard InChI is InChI=1S/C10H16BrNO/c1-9(6-11)7-12(2)8-10-4-3-5-13-10/h3-5,9H,6-8H2,1-2H3. The van der Waals surface area contributed by atoms with Gasteiger partial charge in [-0.15, -0.1) is 0 Å². The lowest BCUT2D eigenvalue weighted by molar-refractivity contribution is 0.267. The summed E-state index contributed by atoms with van der Waals surface area (Å²) in [6.45, 7) is 4.21. The lowest BCUT2D eigenvalue weighted by Crippen LogP contribution is -2.24. The van der Waals surface area contributed by atoms with Crippen molar-refractivity contribution in [3.05, 3.63) is 24.2 Å². The molecular formula is C10H16BrNO. The van der Waals surface area contributed by atoms with E-state index in [9.17, 15) is 0 Å². The maximum absolute atomic E-state index is 5.27. The van der Waals surface area contributed by atoms with Crippen molar-refractivity contribution in [3.8, 4) is 0 Å². The van der Waals surface area contributed by atoms with Gasteiger partial charge in [0.1, 0.15) is 5.76 Å². The summed E-state index contributed by atoms with van der Waals surface area (Å²) in [4.78, 5) is 2.27. The van der Waals surface area contributed by atoms with E-state index in [1.165, 1.54) is 0 Å².